The highest BCUT2D eigenvalue weighted by atomic mass is 35.5. The lowest BCUT2D eigenvalue weighted by molar-refractivity contribution is 0.403. The van der Waals surface area contributed by atoms with Crippen molar-refractivity contribution in [2.24, 2.45) is 0 Å². The highest BCUT2D eigenvalue weighted by Gasteiger charge is 2.20. The largest absolute Gasteiger partial charge is 0.495 e. The van der Waals surface area contributed by atoms with Crippen molar-refractivity contribution in [2.45, 2.75) is 11.8 Å². The summed E-state index contributed by atoms with van der Waals surface area (Å²) in [5, 5.41) is 0.394. The number of anilines is 2. The molecule has 0 bridgehead atoms. The van der Waals surface area contributed by atoms with Crippen LogP contribution in [0.4, 0.5) is 11.4 Å². The Hall–Kier alpha value is -1.92. The van der Waals surface area contributed by atoms with Gasteiger partial charge >= 0.3 is 0 Å². The van der Waals surface area contributed by atoms with E-state index in [1.807, 2.05) is 6.92 Å². The topological polar surface area (TPSA) is 81.4 Å². The Morgan fingerprint density at radius 3 is 2.52 bits per heavy atom. The van der Waals surface area contributed by atoms with Crippen molar-refractivity contribution >= 4 is 33.0 Å². The van der Waals surface area contributed by atoms with Crippen molar-refractivity contribution in [1.29, 1.82) is 0 Å². The van der Waals surface area contributed by atoms with Crippen molar-refractivity contribution in [2.75, 3.05) is 17.6 Å². The van der Waals surface area contributed by atoms with Crippen LogP contribution < -0.4 is 15.2 Å². The molecule has 0 aliphatic rings. The van der Waals surface area contributed by atoms with Crippen LogP contribution >= 0.6 is 11.6 Å². The minimum atomic E-state index is -3.79. The van der Waals surface area contributed by atoms with Crippen LogP contribution in [0, 0.1) is 6.92 Å². The van der Waals surface area contributed by atoms with Gasteiger partial charge in [-0.05, 0) is 36.8 Å². The molecule has 3 N–H and O–H groups in total. The quantitative estimate of drug-likeness (QED) is 0.846. The average Bonchev–Trinajstić information content (AvgIpc) is 2.42. The number of halogens is 1. The third kappa shape index (κ3) is 3.40. The number of benzene rings is 2. The first-order valence-corrected chi connectivity index (χ1v) is 7.92. The first-order valence-electron chi connectivity index (χ1n) is 6.06. The maximum Gasteiger partial charge on any atom is 0.265 e. The summed E-state index contributed by atoms with van der Waals surface area (Å²) >= 11 is 5.83. The van der Waals surface area contributed by atoms with E-state index in [0.717, 1.165) is 5.56 Å². The number of nitrogens with one attached hydrogen (secondary N) is 1. The van der Waals surface area contributed by atoms with Crippen molar-refractivity contribution in [3.63, 3.8) is 0 Å². The molecule has 112 valence electrons. The van der Waals surface area contributed by atoms with Crippen molar-refractivity contribution in [3.05, 3.63) is 47.0 Å². The molecule has 2 aromatic carbocycles. The van der Waals surface area contributed by atoms with Gasteiger partial charge in [0.15, 0.2) is 0 Å². The summed E-state index contributed by atoms with van der Waals surface area (Å²) in [6.45, 7) is 1.84. The molecular weight excluding hydrogens is 312 g/mol. The van der Waals surface area contributed by atoms with Crippen molar-refractivity contribution < 1.29 is 13.2 Å². The van der Waals surface area contributed by atoms with Gasteiger partial charge in [0.05, 0.1) is 12.8 Å². The Morgan fingerprint density at radius 2 is 1.90 bits per heavy atom. The number of nitrogen functional groups attached to an aromatic ring is 1. The number of ether oxygens (including phenoxy) is 1. The molecule has 0 saturated heterocycles. The molecular formula is C14H15ClN2O3S. The lowest BCUT2D eigenvalue weighted by Gasteiger charge is -2.12. The molecule has 0 radical (unpaired) electrons. The summed E-state index contributed by atoms with van der Waals surface area (Å²) in [6.07, 6.45) is 0. The summed E-state index contributed by atoms with van der Waals surface area (Å²) < 4.78 is 32.4. The molecule has 0 unspecified atom stereocenters. The second-order valence-corrected chi connectivity index (χ2v) is 6.56. The molecule has 0 aromatic heterocycles. The fourth-order valence-corrected chi connectivity index (χ4v) is 3.14. The monoisotopic (exact) mass is 326 g/mol. The molecule has 0 aliphatic carbocycles. The van der Waals surface area contributed by atoms with Crippen LogP contribution in [0.25, 0.3) is 0 Å². The lowest BCUT2D eigenvalue weighted by atomic mass is 10.2. The van der Waals surface area contributed by atoms with Gasteiger partial charge in [0, 0.05) is 16.8 Å². The van der Waals surface area contributed by atoms with Gasteiger partial charge in [0.25, 0.3) is 10.0 Å². The number of sulfonamides is 1. The summed E-state index contributed by atoms with van der Waals surface area (Å²) in [5.41, 5.74) is 7.55. The van der Waals surface area contributed by atoms with Crippen LogP contribution in [-0.2, 0) is 10.0 Å². The molecule has 5 nitrogen and oxygen atoms in total. The van der Waals surface area contributed by atoms with Crippen LogP contribution in [0.2, 0.25) is 5.02 Å². The molecule has 2 aromatic rings. The SMILES string of the molecule is COc1cc(Cl)ccc1S(=O)(=O)Nc1ccc(C)c(N)c1. The average molecular weight is 327 g/mol. The summed E-state index contributed by atoms with van der Waals surface area (Å²) in [7, 11) is -2.41. The Balaban J connectivity index is 2.40. The third-order valence-electron chi connectivity index (χ3n) is 2.95. The van der Waals surface area contributed by atoms with Gasteiger partial charge in [-0.25, -0.2) is 8.42 Å². The summed E-state index contributed by atoms with van der Waals surface area (Å²) in [6, 6.07) is 9.27. The molecule has 2 rings (SSSR count). The van der Waals surface area contributed by atoms with E-state index in [2.05, 4.69) is 4.72 Å². The van der Waals surface area contributed by atoms with Gasteiger partial charge in [0.2, 0.25) is 0 Å². The molecule has 21 heavy (non-hydrogen) atoms. The number of nitrogens with two attached hydrogens (primary N) is 1. The first-order chi connectivity index (χ1) is 9.83. The zero-order chi connectivity index (χ0) is 15.6. The normalized spacial score (nSPS) is 11.2. The predicted molar refractivity (Wildman–Crippen MR) is 84.4 cm³/mol. The molecule has 0 atom stereocenters. The number of hydrogen-bond acceptors (Lipinski definition) is 4. The van der Waals surface area contributed by atoms with Crippen LogP contribution in [0.1, 0.15) is 5.56 Å². The van der Waals surface area contributed by atoms with Crippen LogP contribution in [0.3, 0.4) is 0 Å². The predicted octanol–water partition coefficient (Wildman–Crippen LogP) is 3.04. The lowest BCUT2D eigenvalue weighted by Crippen LogP contribution is -2.14. The fraction of sp³-hybridized carbons (Fsp3) is 0.143. The van der Waals surface area contributed by atoms with E-state index in [-0.39, 0.29) is 10.6 Å². The van der Waals surface area contributed by atoms with E-state index in [9.17, 15) is 8.42 Å². The molecule has 0 saturated carbocycles. The van der Waals surface area contributed by atoms with E-state index in [1.165, 1.54) is 25.3 Å². The fourth-order valence-electron chi connectivity index (χ4n) is 1.78. The van der Waals surface area contributed by atoms with Gasteiger partial charge in [-0.1, -0.05) is 17.7 Å². The van der Waals surface area contributed by atoms with E-state index in [0.29, 0.717) is 16.4 Å². The molecule has 0 aliphatic heterocycles. The maximum absolute atomic E-state index is 12.4. The first kappa shape index (κ1) is 15.5. The minimum Gasteiger partial charge on any atom is -0.495 e. The Labute approximate surface area is 128 Å². The Morgan fingerprint density at radius 1 is 1.19 bits per heavy atom. The minimum absolute atomic E-state index is 0.00791. The highest BCUT2D eigenvalue weighted by Crippen LogP contribution is 2.29. The second-order valence-electron chi connectivity index (χ2n) is 4.47. The molecule has 0 amide bonds. The summed E-state index contributed by atoms with van der Waals surface area (Å²) in [5.74, 6) is 0.176. The summed E-state index contributed by atoms with van der Waals surface area (Å²) in [4.78, 5) is 0.00791. The molecule has 0 spiro atoms. The molecule has 0 fully saturated rings. The zero-order valence-electron chi connectivity index (χ0n) is 11.6. The van der Waals surface area contributed by atoms with Gasteiger partial charge < -0.3 is 10.5 Å². The van der Waals surface area contributed by atoms with E-state index < -0.39 is 10.0 Å². The third-order valence-corrected chi connectivity index (χ3v) is 4.60. The van der Waals surface area contributed by atoms with E-state index in [1.54, 1.807) is 18.2 Å². The van der Waals surface area contributed by atoms with Gasteiger partial charge in [-0.2, -0.15) is 0 Å². The number of aryl methyl sites for hydroxylation is 1. The van der Waals surface area contributed by atoms with Crippen molar-refractivity contribution in [1.82, 2.24) is 0 Å². The standard InChI is InChI=1S/C14H15ClN2O3S/c1-9-3-5-11(8-12(9)16)17-21(18,19)14-6-4-10(15)7-13(14)20-2/h3-8,17H,16H2,1-2H3. The Kier molecular flexibility index (Phi) is 4.29. The number of rotatable bonds is 4. The van der Waals surface area contributed by atoms with Crippen LogP contribution in [0.5, 0.6) is 5.75 Å². The van der Waals surface area contributed by atoms with E-state index >= 15 is 0 Å². The van der Waals surface area contributed by atoms with Gasteiger partial charge in [-0.15, -0.1) is 0 Å². The maximum atomic E-state index is 12.4. The Bertz CT molecular complexity index is 776. The smallest absolute Gasteiger partial charge is 0.265 e. The van der Waals surface area contributed by atoms with Crippen LogP contribution in [0.15, 0.2) is 41.3 Å². The zero-order valence-corrected chi connectivity index (χ0v) is 13.1. The highest BCUT2D eigenvalue weighted by molar-refractivity contribution is 7.92. The van der Waals surface area contributed by atoms with Crippen LogP contribution in [-0.4, -0.2) is 15.5 Å². The van der Waals surface area contributed by atoms with Gasteiger partial charge in [-0.3, -0.25) is 4.72 Å². The van der Waals surface area contributed by atoms with E-state index in [4.69, 9.17) is 22.1 Å². The molecule has 0 heterocycles. The van der Waals surface area contributed by atoms with Gasteiger partial charge in [0.1, 0.15) is 10.6 Å². The van der Waals surface area contributed by atoms with Crippen molar-refractivity contribution in [3.8, 4) is 5.75 Å². The molecule has 7 heteroatoms. The second kappa shape index (κ2) is 5.83. The number of hydrogen-bond donors (Lipinski definition) is 2. The number of methoxy groups -OCH3 is 1.